The molecular formula is C24H31N5O2. The molecule has 1 aromatic heterocycles. The summed E-state index contributed by atoms with van der Waals surface area (Å²) in [5.74, 6) is -0.0313. The first-order valence-electron chi connectivity index (χ1n) is 11.5. The Morgan fingerprint density at radius 2 is 1.94 bits per heavy atom. The number of amides is 2. The molecular weight excluding hydrogens is 390 g/mol. The third-order valence-electron chi connectivity index (χ3n) is 7.19. The van der Waals surface area contributed by atoms with Crippen LogP contribution in [0.2, 0.25) is 0 Å². The zero-order valence-corrected chi connectivity index (χ0v) is 18.2. The van der Waals surface area contributed by atoms with Crippen LogP contribution in [0.5, 0.6) is 0 Å². The van der Waals surface area contributed by atoms with E-state index in [1.54, 1.807) is 4.90 Å². The highest BCUT2D eigenvalue weighted by Gasteiger charge is 2.38. The smallest absolute Gasteiger partial charge is 0.237 e. The fourth-order valence-electron chi connectivity index (χ4n) is 5.46. The van der Waals surface area contributed by atoms with E-state index in [9.17, 15) is 9.59 Å². The molecule has 0 bridgehead atoms. The lowest BCUT2D eigenvalue weighted by Crippen LogP contribution is -2.59. The van der Waals surface area contributed by atoms with Gasteiger partial charge < -0.3 is 10.2 Å². The van der Waals surface area contributed by atoms with Crippen molar-refractivity contribution < 1.29 is 9.59 Å². The first kappa shape index (κ1) is 20.2. The SMILES string of the molecule is CN(Cc1n[nH]c2c1CCCC2)C(=O)CC1C(=O)NCCN1C1Cc2ccccc2C1. The summed E-state index contributed by atoms with van der Waals surface area (Å²) in [5.41, 5.74) is 6.21. The van der Waals surface area contributed by atoms with E-state index in [1.807, 2.05) is 7.05 Å². The van der Waals surface area contributed by atoms with Crippen molar-refractivity contribution in [1.29, 1.82) is 0 Å². The third kappa shape index (κ3) is 3.99. The number of carbonyl (C=O) groups excluding carboxylic acids is 2. The minimum atomic E-state index is -0.406. The van der Waals surface area contributed by atoms with Crippen LogP contribution in [0.25, 0.3) is 0 Å². The summed E-state index contributed by atoms with van der Waals surface area (Å²) in [6, 6.07) is 8.39. The molecule has 1 fully saturated rings. The van der Waals surface area contributed by atoms with Gasteiger partial charge in [-0.1, -0.05) is 24.3 Å². The Morgan fingerprint density at radius 1 is 1.19 bits per heavy atom. The summed E-state index contributed by atoms with van der Waals surface area (Å²) in [6.07, 6.45) is 6.55. The molecule has 0 radical (unpaired) electrons. The summed E-state index contributed by atoms with van der Waals surface area (Å²) in [4.78, 5) is 29.9. The van der Waals surface area contributed by atoms with Crippen LogP contribution in [-0.2, 0) is 41.8 Å². The molecule has 2 heterocycles. The van der Waals surface area contributed by atoms with Crippen LogP contribution >= 0.6 is 0 Å². The maximum atomic E-state index is 13.1. The van der Waals surface area contributed by atoms with Gasteiger partial charge in [-0.3, -0.25) is 19.6 Å². The standard InChI is InChI=1S/C24H31N5O2/c1-28(15-21-19-8-4-5-9-20(19)26-27-21)23(30)14-22-24(31)25-10-11-29(22)18-12-16-6-2-3-7-17(16)13-18/h2-3,6-7,18,22H,4-5,8-15H2,1H3,(H,25,31)(H,26,27). The zero-order chi connectivity index (χ0) is 21.4. The van der Waals surface area contributed by atoms with Gasteiger partial charge in [-0.25, -0.2) is 0 Å². The van der Waals surface area contributed by atoms with E-state index in [4.69, 9.17) is 0 Å². The van der Waals surface area contributed by atoms with Crippen molar-refractivity contribution in [3.63, 3.8) is 0 Å². The number of nitrogens with one attached hydrogen (secondary N) is 2. The second-order valence-corrected chi connectivity index (χ2v) is 9.16. The van der Waals surface area contributed by atoms with E-state index in [0.29, 0.717) is 13.1 Å². The van der Waals surface area contributed by atoms with Gasteiger partial charge in [-0.05, 0) is 55.2 Å². The van der Waals surface area contributed by atoms with Gasteiger partial charge in [0.2, 0.25) is 11.8 Å². The molecule has 7 heteroatoms. The molecule has 31 heavy (non-hydrogen) atoms. The van der Waals surface area contributed by atoms with E-state index in [1.165, 1.54) is 35.2 Å². The van der Waals surface area contributed by atoms with Gasteiger partial charge in [-0.2, -0.15) is 5.10 Å². The first-order valence-corrected chi connectivity index (χ1v) is 11.5. The lowest BCUT2D eigenvalue weighted by atomic mass is 9.96. The predicted molar refractivity (Wildman–Crippen MR) is 117 cm³/mol. The van der Waals surface area contributed by atoms with Crippen LogP contribution in [0.1, 0.15) is 47.3 Å². The molecule has 2 N–H and O–H groups in total. The van der Waals surface area contributed by atoms with Crippen LogP contribution in [-0.4, -0.2) is 64.0 Å². The number of aromatic amines is 1. The van der Waals surface area contributed by atoms with Gasteiger partial charge in [0.25, 0.3) is 0 Å². The summed E-state index contributed by atoms with van der Waals surface area (Å²) >= 11 is 0. The highest BCUT2D eigenvalue weighted by atomic mass is 16.2. The number of nitrogens with zero attached hydrogens (tertiary/aromatic N) is 3. The van der Waals surface area contributed by atoms with E-state index in [2.05, 4.69) is 44.7 Å². The number of carbonyl (C=O) groups is 2. The molecule has 0 spiro atoms. The number of aromatic nitrogens is 2. The van der Waals surface area contributed by atoms with Gasteiger partial charge in [0.05, 0.1) is 24.7 Å². The van der Waals surface area contributed by atoms with Crippen molar-refractivity contribution in [1.82, 2.24) is 25.3 Å². The Morgan fingerprint density at radius 3 is 2.71 bits per heavy atom. The number of fused-ring (bicyclic) bond motifs is 2. The Balaban J connectivity index is 1.26. The molecule has 2 aromatic rings. The number of H-pyrrole nitrogens is 1. The summed E-state index contributed by atoms with van der Waals surface area (Å²) in [7, 11) is 1.82. The molecule has 1 saturated heterocycles. The number of benzene rings is 1. The van der Waals surface area contributed by atoms with Crippen molar-refractivity contribution in [3.8, 4) is 0 Å². The maximum absolute atomic E-state index is 13.1. The Labute approximate surface area is 183 Å². The molecule has 3 aliphatic rings. The van der Waals surface area contributed by atoms with Gasteiger partial charge in [-0.15, -0.1) is 0 Å². The highest BCUT2D eigenvalue weighted by molar-refractivity contribution is 5.88. The average Bonchev–Trinajstić information content (AvgIpc) is 3.39. The molecule has 5 rings (SSSR count). The topological polar surface area (TPSA) is 81.3 Å². The van der Waals surface area contributed by atoms with Crippen LogP contribution in [0, 0.1) is 0 Å². The molecule has 1 aliphatic heterocycles. The second kappa shape index (κ2) is 8.46. The van der Waals surface area contributed by atoms with E-state index >= 15 is 0 Å². The van der Waals surface area contributed by atoms with E-state index in [-0.39, 0.29) is 24.3 Å². The summed E-state index contributed by atoms with van der Waals surface area (Å²) in [5, 5.41) is 10.6. The largest absolute Gasteiger partial charge is 0.353 e. The third-order valence-corrected chi connectivity index (χ3v) is 7.19. The van der Waals surface area contributed by atoms with Crippen molar-refractivity contribution in [2.45, 2.75) is 63.6 Å². The van der Waals surface area contributed by atoms with Gasteiger partial charge in [0.1, 0.15) is 0 Å². The van der Waals surface area contributed by atoms with Gasteiger partial charge in [0.15, 0.2) is 0 Å². The van der Waals surface area contributed by atoms with Crippen molar-refractivity contribution in [3.05, 3.63) is 52.3 Å². The zero-order valence-electron chi connectivity index (χ0n) is 18.2. The van der Waals surface area contributed by atoms with Crippen LogP contribution in [0.15, 0.2) is 24.3 Å². The quantitative estimate of drug-likeness (QED) is 0.769. The average molecular weight is 422 g/mol. The number of aryl methyl sites for hydroxylation is 1. The maximum Gasteiger partial charge on any atom is 0.237 e. The number of hydrogen-bond donors (Lipinski definition) is 2. The van der Waals surface area contributed by atoms with Crippen molar-refractivity contribution >= 4 is 11.8 Å². The number of hydrogen-bond acceptors (Lipinski definition) is 4. The molecule has 7 nitrogen and oxygen atoms in total. The van der Waals surface area contributed by atoms with E-state index in [0.717, 1.165) is 37.9 Å². The lowest BCUT2D eigenvalue weighted by Gasteiger charge is -2.39. The minimum Gasteiger partial charge on any atom is -0.353 e. The molecule has 1 aromatic carbocycles. The highest BCUT2D eigenvalue weighted by Crippen LogP contribution is 2.28. The van der Waals surface area contributed by atoms with E-state index < -0.39 is 6.04 Å². The minimum absolute atomic E-state index is 0.00452. The molecule has 2 amide bonds. The Hall–Kier alpha value is -2.67. The van der Waals surface area contributed by atoms with Crippen LogP contribution < -0.4 is 5.32 Å². The van der Waals surface area contributed by atoms with Crippen LogP contribution in [0.3, 0.4) is 0 Å². The van der Waals surface area contributed by atoms with Gasteiger partial charge >= 0.3 is 0 Å². The molecule has 164 valence electrons. The summed E-state index contributed by atoms with van der Waals surface area (Å²) < 4.78 is 0. The lowest BCUT2D eigenvalue weighted by molar-refractivity contribution is -0.139. The monoisotopic (exact) mass is 421 g/mol. The Bertz CT molecular complexity index is 959. The molecule has 0 saturated carbocycles. The van der Waals surface area contributed by atoms with Crippen molar-refractivity contribution in [2.24, 2.45) is 0 Å². The number of rotatable bonds is 5. The number of piperazine rings is 1. The molecule has 1 unspecified atom stereocenters. The fourth-order valence-corrected chi connectivity index (χ4v) is 5.46. The Kier molecular flexibility index (Phi) is 5.52. The van der Waals surface area contributed by atoms with Crippen LogP contribution in [0.4, 0.5) is 0 Å². The second-order valence-electron chi connectivity index (χ2n) is 9.16. The van der Waals surface area contributed by atoms with Crippen molar-refractivity contribution in [2.75, 3.05) is 20.1 Å². The molecule has 1 atom stereocenters. The molecule has 2 aliphatic carbocycles. The fraction of sp³-hybridized carbons (Fsp3) is 0.542. The summed E-state index contributed by atoms with van der Waals surface area (Å²) in [6.45, 7) is 1.93. The first-order chi connectivity index (χ1) is 15.1. The predicted octanol–water partition coefficient (Wildman–Crippen LogP) is 1.60. The normalized spacial score (nSPS) is 21.5. The van der Waals surface area contributed by atoms with Gasteiger partial charge in [0, 0.05) is 31.9 Å².